The minimum absolute atomic E-state index is 0.0834. The van der Waals surface area contributed by atoms with Crippen LogP contribution in [0.15, 0.2) is 54.9 Å². The lowest BCUT2D eigenvalue weighted by Gasteiger charge is -2.07. The molecule has 0 fully saturated rings. The molecule has 0 bridgehead atoms. The van der Waals surface area contributed by atoms with Gasteiger partial charge >= 0.3 is 0 Å². The average Bonchev–Trinajstić information content (AvgIpc) is 2.98. The molecule has 1 amide bonds. The summed E-state index contributed by atoms with van der Waals surface area (Å²) in [7, 11) is 0. The number of pyridine rings is 1. The molecule has 0 aliphatic carbocycles. The maximum absolute atomic E-state index is 12.8. The van der Waals surface area contributed by atoms with Crippen molar-refractivity contribution >= 4 is 5.91 Å². The number of aryl methyl sites for hydroxylation is 1. The zero-order chi connectivity index (χ0) is 17.6. The smallest absolute Gasteiger partial charge is 0.255 e. The van der Waals surface area contributed by atoms with Crippen molar-refractivity contribution in [2.75, 3.05) is 0 Å². The van der Waals surface area contributed by atoms with E-state index < -0.39 is 0 Å². The third-order valence-electron chi connectivity index (χ3n) is 4.11. The topological polar surface area (TPSA) is 59.8 Å². The maximum atomic E-state index is 12.8. The van der Waals surface area contributed by atoms with E-state index in [9.17, 15) is 4.79 Å². The summed E-state index contributed by atoms with van der Waals surface area (Å²) in [5.41, 5.74) is 4.37. The number of carbonyl (C=O) groups is 1. The molecule has 0 saturated carbocycles. The van der Waals surface area contributed by atoms with Gasteiger partial charge in [0, 0.05) is 18.9 Å². The fourth-order valence-corrected chi connectivity index (χ4v) is 2.86. The van der Waals surface area contributed by atoms with Gasteiger partial charge in [0.05, 0.1) is 22.6 Å². The van der Waals surface area contributed by atoms with Gasteiger partial charge in [0.2, 0.25) is 0 Å². The monoisotopic (exact) mass is 334 g/mol. The molecule has 0 aliphatic heterocycles. The van der Waals surface area contributed by atoms with Crippen LogP contribution in [0.5, 0.6) is 0 Å². The van der Waals surface area contributed by atoms with Gasteiger partial charge in [-0.25, -0.2) is 4.68 Å². The molecule has 2 aromatic heterocycles. The van der Waals surface area contributed by atoms with Crippen LogP contribution in [0.25, 0.3) is 5.69 Å². The minimum Gasteiger partial charge on any atom is -0.348 e. The van der Waals surface area contributed by atoms with Crippen LogP contribution in [0.3, 0.4) is 0 Å². The predicted octanol–water partition coefficient (Wildman–Crippen LogP) is 3.46. The molecule has 3 rings (SSSR count). The van der Waals surface area contributed by atoms with Gasteiger partial charge in [-0.15, -0.1) is 0 Å². The molecule has 0 unspecified atom stereocenters. The third-order valence-corrected chi connectivity index (χ3v) is 4.11. The predicted molar refractivity (Wildman–Crippen MR) is 97.7 cm³/mol. The van der Waals surface area contributed by atoms with Gasteiger partial charge in [0.1, 0.15) is 0 Å². The van der Waals surface area contributed by atoms with Gasteiger partial charge in [-0.1, -0.05) is 31.5 Å². The molecule has 5 nitrogen and oxygen atoms in total. The molecule has 128 valence electrons. The Kier molecular flexibility index (Phi) is 5.23. The average molecular weight is 334 g/mol. The Morgan fingerprint density at radius 1 is 1.12 bits per heavy atom. The summed E-state index contributed by atoms with van der Waals surface area (Å²) in [6.07, 6.45) is 5.17. The van der Waals surface area contributed by atoms with E-state index in [1.165, 1.54) is 0 Å². The lowest BCUT2D eigenvalue weighted by Crippen LogP contribution is -2.24. The number of nitrogens with one attached hydrogen (secondary N) is 1. The van der Waals surface area contributed by atoms with Gasteiger partial charge in [0.25, 0.3) is 5.91 Å². The van der Waals surface area contributed by atoms with Gasteiger partial charge in [0.15, 0.2) is 0 Å². The van der Waals surface area contributed by atoms with E-state index in [1.54, 1.807) is 12.4 Å². The fraction of sp³-hybridized carbons (Fsp3) is 0.250. The van der Waals surface area contributed by atoms with Crippen molar-refractivity contribution in [3.63, 3.8) is 0 Å². The summed E-state index contributed by atoms with van der Waals surface area (Å²) < 4.78 is 1.85. The number of aromatic nitrogens is 3. The molecule has 0 radical (unpaired) electrons. The number of nitrogens with zero attached hydrogens (tertiary/aromatic N) is 3. The van der Waals surface area contributed by atoms with E-state index in [2.05, 4.69) is 17.2 Å². The highest BCUT2D eigenvalue weighted by atomic mass is 16.1. The molecule has 2 heterocycles. The first-order valence-electron chi connectivity index (χ1n) is 8.51. The van der Waals surface area contributed by atoms with Crippen LogP contribution in [-0.4, -0.2) is 20.7 Å². The molecule has 0 spiro atoms. The number of amides is 1. The van der Waals surface area contributed by atoms with Gasteiger partial charge < -0.3 is 5.32 Å². The van der Waals surface area contributed by atoms with E-state index in [0.717, 1.165) is 35.5 Å². The minimum atomic E-state index is -0.0834. The Morgan fingerprint density at radius 3 is 2.52 bits per heavy atom. The first-order valence-corrected chi connectivity index (χ1v) is 8.51. The molecule has 1 aromatic carbocycles. The highest BCUT2D eigenvalue weighted by molar-refractivity contribution is 5.96. The molecule has 0 atom stereocenters. The largest absolute Gasteiger partial charge is 0.348 e. The van der Waals surface area contributed by atoms with E-state index in [4.69, 9.17) is 5.10 Å². The second-order valence-corrected chi connectivity index (χ2v) is 5.94. The summed E-state index contributed by atoms with van der Waals surface area (Å²) in [4.78, 5) is 16.8. The second-order valence-electron chi connectivity index (χ2n) is 5.94. The molecule has 3 aromatic rings. The third kappa shape index (κ3) is 3.76. The zero-order valence-electron chi connectivity index (χ0n) is 14.6. The Bertz CT molecular complexity index is 841. The molecule has 5 heteroatoms. The van der Waals surface area contributed by atoms with Crippen molar-refractivity contribution in [3.8, 4) is 5.69 Å². The van der Waals surface area contributed by atoms with Gasteiger partial charge in [-0.05, 0) is 43.2 Å². The van der Waals surface area contributed by atoms with Crippen LogP contribution >= 0.6 is 0 Å². The van der Waals surface area contributed by atoms with E-state index in [1.807, 2.05) is 54.1 Å². The van der Waals surface area contributed by atoms with Crippen molar-refractivity contribution in [1.29, 1.82) is 0 Å². The molecular weight excluding hydrogens is 312 g/mol. The van der Waals surface area contributed by atoms with E-state index in [0.29, 0.717) is 12.1 Å². The first-order chi connectivity index (χ1) is 12.2. The van der Waals surface area contributed by atoms with Gasteiger partial charge in [-0.3, -0.25) is 9.78 Å². The van der Waals surface area contributed by atoms with Crippen LogP contribution in [-0.2, 0) is 13.0 Å². The summed E-state index contributed by atoms with van der Waals surface area (Å²) >= 11 is 0. The lowest BCUT2D eigenvalue weighted by molar-refractivity contribution is 0.0949. The number of rotatable bonds is 6. The molecular formula is C20H22N4O. The highest BCUT2D eigenvalue weighted by Gasteiger charge is 2.21. The molecule has 0 saturated heterocycles. The fourth-order valence-electron chi connectivity index (χ4n) is 2.86. The lowest BCUT2D eigenvalue weighted by atomic mass is 10.1. The van der Waals surface area contributed by atoms with Crippen LogP contribution in [0.4, 0.5) is 0 Å². The normalized spacial score (nSPS) is 10.6. The number of hydrogen-bond donors (Lipinski definition) is 1. The Hall–Kier alpha value is -2.95. The molecule has 1 N–H and O–H groups in total. The molecule has 0 aliphatic rings. The van der Waals surface area contributed by atoms with Gasteiger partial charge in [-0.2, -0.15) is 5.10 Å². The zero-order valence-corrected chi connectivity index (χ0v) is 14.6. The van der Waals surface area contributed by atoms with Crippen LogP contribution in [0, 0.1) is 6.92 Å². The van der Waals surface area contributed by atoms with Crippen LogP contribution in [0.2, 0.25) is 0 Å². The summed E-state index contributed by atoms with van der Waals surface area (Å²) in [6.45, 7) is 4.51. The Morgan fingerprint density at radius 2 is 1.84 bits per heavy atom. The summed E-state index contributed by atoms with van der Waals surface area (Å²) in [5, 5.41) is 7.69. The van der Waals surface area contributed by atoms with Crippen LogP contribution < -0.4 is 5.32 Å². The Labute approximate surface area is 147 Å². The number of benzene rings is 1. The van der Waals surface area contributed by atoms with E-state index >= 15 is 0 Å². The second kappa shape index (κ2) is 7.75. The standard InChI is InChI=1S/C20H22N4O/c1-3-7-18-19(20(25)22-14-16-10-12-21-13-11-16)15(2)24(23-18)17-8-5-4-6-9-17/h4-6,8-13H,3,7,14H2,1-2H3,(H,22,25). The van der Waals surface area contributed by atoms with Crippen molar-refractivity contribution in [3.05, 3.63) is 77.4 Å². The summed E-state index contributed by atoms with van der Waals surface area (Å²) in [6, 6.07) is 13.7. The number of hydrogen-bond acceptors (Lipinski definition) is 3. The molecule has 25 heavy (non-hydrogen) atoms. The summed E-state index contributed by atoms with van der Waals surface area (Å²) in [5.74, 6) is -0.0834. The highest BCUT2D eigenvalue weighted by Crippen LogP contribution is 2.19. The Balaban J connectivity index is 1.88. The van der Waals surface area contributed by atoms with Crippen LogP contribution in [0.1, 0.15) is 40.7 Å². The quantitative estimate of drug-likeness (QED) is 0.751. The van der Waals surface area contributed by atoms with Crippen molar-refractivity contribution in [2.24, 2.45) is 0 Å². The maximum Gasteiger partial charge on any atom is 0.255 e. The van der Waals surface area contributed by atoms with Crippen molar-refractivity contribution in [1.82, 2.24) is 20.1 Å². The number of para-hydroxylation sites is 1. The van der Waals surface area contributed by atoms with Crippen molar-refractivity contribution in [2.45, 2.75) is 33.2 Å². The van der Waals surface area contributed by atoms with Crippen molar-refractivity contribution < 1.29 is 4.79 Å². The number of carbonyl (C=O) groups excluding carboxylic acids is 1. The van der Waals surface area contributed by atoms with E-state index in [-0.39, 0.29) is 5.91 Å². The SMILES string of the molecule is CCCc1nn(-c2ccccc2)c(C)c1C(=O)NCc1ccncc1. The first kappa shape index (κ1) is 16.9.